The van der Waals surface area contributed by atoms with Crippen LogP contribution in [0.1, 0.15) is 39.5 Å². The molecule has 0 fully saturated rings. The molecule has 8 nitrogen and oxygen atoms in total. The fourth-order valence-electron chi connectivity index (χ4n) is 1.84. The standard InChI is InChI=1S/C14H24N4O4/c1-3-5-6-10(16-14(21)22-9-4-2)12(19)13(20)17-11-7-8-15-18-11/h7-8,10,12,19H,3-6,9H2,1-2H3,(H,16,21)(H2,15,17,18,20)/t10-,12-/m0/s1. The Hall–Kier alpha value is -2.09. The zero-order chi connectivity index (χ0) is 16.4. The molecule has 0 radical (unpaired) electrons. The number of carbonyl (C=O) groups excluding carboxylic acids is 2. The molecule has 1 rings (SSSR count). The Bertz CT molecular complexity index is 450. The molecule has 1 aromatic heterocycles. The van der Waals surface area contributed by atoms with Crippen LogP contribution in [0.5, 0.6) is 0 Å². The minimum absolute atomic E-state index is 0.294. The number of hydrogen-bond acceptors (Lipinski definition) is 5. The monoisotopic (exact) mass is 312 g/mol. The lowest BCUT2D eigenvalue weighted by Gasteiger charge is -2.23. The third kappa shape index (κ3) is 6.13. The maximum atomic E-state index is 12.0. The summed E-state index contributed by atoms with van der Waals surface area (Å²) in [6, 6.07) is 0.862. The van der Waals surface area contributed by atoms with E-state index in [4.69, 9.17) is 4.74 Å². The van der Waals surface area contributed by atoms with E-state index in [2.05, 4.69) is 20.8 Å². The molecule has 0 bridgehead atoms. The molecule has 2 atom stereocenters. The van der Waals surface area contributed by atoms with E-state index >= 15 is 0 Å². The molecule has 0 unspecified atom stereocenters. The predicted octanol–water partition coefficient (Wildman–Crippen LogP) is 1.40. The van der Waals surface area contributed by atoms with Crippen LogP contribution in [0.2, 0.25) is 0 Å². The average molecular weight is 312 g/mol. The van der Waals surface area contributed by atoms with Crippen molar-refractivity contribution >= 4 is 17.8 Å². The maximum Gasteiger partial charge on any atom is 0.407 e. The van der Waals surface area contributed by atoms with Crippen LogP contribution in [0.3, 0.4) is 0 Å². The van der Waals surface area contributed by atoms with Crippen molar-refractivity contribution in [3.8, 4) is 0 Å². The summed E-state index contributed by atoms with van der Waals surface area (Å²) in [5.74, 6) is -0.229. The topological polar surface area (TPSA) is 116 Å². The molecule has 0 aliphatic heterocycles. The first-order chi connectivity index (χ1) is 10.6. The number of rotatable bonds is 9. The number of carbonyl (C=O) groups is 2. The number of nitrogens with zero attached hydrogens (tertiary/aromatic N) is 1. The van der Waals surface area contributed by atoms with Gasteiger partial charge in [0.1, 0.15) is 5.82 Å². The minimum Gasteiger partial charge on any atom is -0.450 e. The fourth-order valence-corrected chi connectivity index (χ4v) is 1.84. The molecule has 8 heteroatoms. The predicted molar refractivity (Wildman–Crippen MR) is 81.3 cm³/mol. The first-order valence-corrected chi connectivity index (χ1v) is 7.50. The van der Waals surface area contributed by atoms with Gasteiger partial charge in [0.25, 0.3) is 5.91 Å². The van der Waals surface area contributed by atoms with E-state index in [1.165, 1.54) is 6.20 Å². The van der Waals surface area contributed by atoms with Crippen LogP contribution in [0.25, 0.3) is 0 Å². The van der Waals surface area contributed by atoms with Gasteiger partial charge in [0, 0.05) is 6.07 Å². The lowest BCUT2D eigenvalue weighted by molar-refractivity contribution is -0.125. The van der Waals surface area contributed by atoms with Gasteiger partial charge in [-0.25, -0.2) is 4.79 Å². The number of unbranched alkanes of at least 4 members (excludes halogenated alkanes) is 1. The number of ether oxygens (including phenoxy) is 1. The molecule has 0 aliphatic carbocycles. The molecular formula is C14H24N4O4. The molecule has 124 valence electrons. The molecule has 4 N–H and O–H groups in total. The zero-order valence-corrected chi connectivity index (χ0v) is 13.0. The first-order valence-electron chi connectivity index (χ1n) is 7.50. The van der Waals surface area contributed by atoms with E-state index in [0.717, 1.165) is 12.8 Å². The van der Waals surface area contributed by atoms with E-state index in [1.54, 1.807) is 6.07 Å². The van der Waals surface area contributed by atoms with Crippen LogP contribution in [0.4, 0.5) is 10.6 Å². The Balaban J connectivity index is 2.59. The van der Waals surface area contributed by atoms with Crippen LogP contribution in [-0.4, -0.2) is 46.1 Å². The zero-order valence-electron chi connectivity index (χ0n) is 13.0. The van der Waals surface area contributed by atoms with Gasteiger partial charge < -0.3 is 20.5 Å². The van der Waals surface area contributed by atoms with E-state index in [-0.39, 0.29) is 0 Å². The molecule has 0 aliphatic rings. The summed E-state index contributed by atoms with van der Waals surface area (Å²) >= 11 is 0. The second-order valence-corrected chi connectivity index (χ2v) is 4.93. The number of alkyl carbamates (subject to hydrolysis) is 1. The Kier molecular flexibility index (Phi) is 7.98. The number of amides is 2. The van der Waals surface area contributed by atoms with E-state index < -0.39 is 24.1 Å². The van der Waals surface area contributed by atoms with Gasteiger partial charge in [0.05, 0.1) is 18.8 Å². The lowest BCUT2D eigenvalue weighted by atomic mass is 10.0. The number of aliphatic hydroxyl groups excluding tert-OH is 1. The van der Waals surface area contributed by atoms with Crippen molar-refractivity contribution in [2.75, 3.05) is 11.9 Å². The van der Waals surface area contributed by atoms with E-state index in [9.17, 15) is 14.7 Å². The largest absolute Gasteiger partial charge is 0.450 e. The smallest absolute Gasteiger partial charge is 0.407 e. The molecule has 0 saturated carbocycles. The second-order valence-electron chi connectivity index (χ2n) is 4.93. The number of nitrogens with one attached hydrogen (secondary N) is 3. The van der Waals surface area contributed by atoms with Crippen LogP contribution < -0.4 is 10.6 Å². The van der Waals surface area contributed by atoms with Crippen LogP contribution in [-0.2, 0) is 9.53 Å². The minimum atomic E-state index is -1.37. The van der Waals surface area contributed by atoms with Crippen molar-refractivity contribution in [2.24, 2.45) is 0 Å². The highest BCUT2D eigenvalue weighted by Gasteiger charge is 2.28. The Labute approximate surface area is 129 Å². The second kappa shape index (κ2) is 9.78. The van der Waals surface area contributed by atoms with Crippen molar-refractivity contribution in [1.82, 2.24) is 15.5 Å². The number of hydrogen-bond donors (Lipinski definition) is 4. The maximum absolute atomic E-state index is 12.0. The molecular weight excluding hydrogens is 288 g/mol. The molecule has 2 amide bonds. The Morgan fingerprint density at radius 2 is 2.18 bits per heavy atom. The summed E-state index contributed by atoms with van der Waals surface area (Å²) in [7, 11) is 0. The van der Waals surface area contributed by atoms with Gasteiger partial charge >= 0.3 is 6.09 Å². The van der Waals surface area contributed by atoms with Crippen molar-refractivity contribution in [1.29, 1.82) is 0 Å². The van der Waals surface area contributed by atoms with E-state index in [1.807, 2.05) is 13.8 Å². The van der Waals surface area contributed by atoms with Crippen LogP contribution in [0.15, 0.2) is 12.3 Å². The third-order valence-electron chi connectivity index (χ3n) is 3.02. The van der Waals surface area contributed by atoms with Crippen molar-refractivity contribution in [3.05, 3.63) is 12.3 Å². The average Bonchev–Trinajstić information content (AvgIpc) is 3.01. The van der Waals surface area contributed by atoms with Crippen molar-refractivity contribution in [2.45, 2.75) is 51.7 Å². The number of aliphatic hydroxyl groups is 1. The number of anilines is 1. The van der Waals surface area contributed by atoms with Crippen molar-refractivity contribution < 1.29 is 19.4 Å². The molecule has 0 aromatic carbocycles. The molecule has 1 aromatic rings. The highest BCUT2D eigenvalue weighted by molar-refractivity contribution is 5.93. The Morgan fingerprint density at radius 1 is 1.41 bits per heavy atom. The summed E-state index contributed by atoms with van der Waals surface area (Å²) in [4.78, 5) is 23.6. The summed E-state index contributed by atoms with van der Waals surface area (Å²) in [5.41, 5.74) is 0. The van der Waals surface area contributed by atoms with E-state index in [0.29, 0.717) is 25.3 Å². The summed E-state index contributed by atoms with van der Waals surface area (Å²) in [6.45, 7) is 4.17. The summed E-state index contributed by atoms with van der Waals surface area (Å²) in [6.07, 6.45) is 2.33. The number of aromatic nitrogens is 2. The molecule has 1 heterocycles. The number of aromatic amines is 1. The van der Waals surface area contributed by atoms with Crippen LogP contribution in [0, 0.1) is 0 Å². The number of H-pyrrole nitrogens is 1. The van der Waals surface area contributed by atoms with Crippen LogP contribution >= 0.6 is 0 Å². The fraction of sp³-hybridized carbons (Fsp3) is 0.643. The highest BCUT2D eigenvalue weighted by Crippen LogP contribution is 2.09. The molecule has 0 saturated heterocycles. The normalized spacial score (nSPS) is 13.2. The van der Waals surface area contributed by atoms with Gasteiger partial charge in [-0.1, -0.05) is 26.7 Å². The molecule has 22 heavy (non-hydrogen) atoms. The van der Waals surface area contributed by atoms with Gasteiger partial charge in [0.15, 0.2) is 6.10 Å². The van der Waals surface area contributed by atoms with Gasteiger partial charge in [-0.05, 0) is 12.8 Å². The SMILES string of the molecule is CCCC[C@H](NC(=O)OCCC)[C@H](O)C(=O)Nc1ccn[nH]1. The quantitative estimate of drug-likeness (QED) is 0.550. The van der Waals surface area contributed by atoms with Gasteiger partial charge in [0.2, 0.25) is 0 Å². The summed E-state index contributed by atoms with van der Waals surface area (Å²) in [5, 5.41) is 21.5. The first kappa shape index (κ1) is 18.0. The van der Waals surface area contributed by atoms with Crippen molar-refractivity contribution in [3.63, 3.8) is 0 Å². The van der Waals surface area contributed by atoms with Gasteiger partial charge in [-0.2, -0.15) is 5.10 Å². The van der Waals surface area contributed by atoms with Gasteiger partial charge in [-0.15, -0.1) is 0 Å². The summed E-state index contributed by atoms with van der Waals surface area (Å²) < 4.78 is 4.93. The third-order valence-corrected chi connectivity index (χ3v) is 3.02. The Morgan fingerprint density at radius 3 is 2.77 bits per heavy atom. The lowest BCUT2D eigenvalue weighted by Crippen LogP contribution is -2.49. The molecule has 0 spiro atoms. The van der Waals surface area contributed by atoms with Gasteiger partial charge in [-0.3, -0.25) is 9.89 Å². The highest BCUT2D eigenvalue weighted by atomic mass is 16.5.